The molecule has 24 heavy (non-hydrogen) atoms. The van der Waals surface area contributed by atoms with Gasteiger partial charge in [-0.2, -0.15) is 0 Å². The Labute approximate surface area is 150 Å². The van der Waals surface area contributed by atoms with Crippen molar-refractivity contribution < 1.29 is 4.79 Å². The number of halogens is 1. The molecule has 3 rings (SSSR count). The summed E-state index contributed by atoms with van der Waals surface area (Å²) in [5, 5.41) is 6.58. The van der Waals surface area contributed by atoms with Gasteiger partial charge in [0.25, 0.3) is 5.91 Å². The van der Waals surface area contributed by atoms with Gasteiger partial charge in [0, 0.05) is 34.5 Å². The third-order valence-corrected chi connectivity index (χ3v) is 4.82. The van der Waals surface area contributed by atoms with Crippen molar-refractivity contribution in [1.29, 1.82) is 0 Å². The molecule has 0 spiro atoms. The summed E-state index contributed by atoms with van der Waals surface area (Å²) in [7, 11) is 0. The molecule has 122 valence electrons. The summed E-state index contributed by atoms with van der Waals surface area (Å²) in [6.45, 7) is 2.62. The van der Waals surface area contributed by atoms with Crippen LogP contribution in [0.5, 0.6) is 0 Å². The van der Waals surface area contributed by atoms with E-state index in [0.717, 1.165) is 16.3 Å². The van der Waals surface area contributed by atoms with E-state index in [9.17, 15) is 4.79 Å². The lowest BCUT2D eigenvalue weighted by Crippen LogP contribution is -2.25. The first kappa shape index (κ1) is 16.7. The van der Waals surface area contributed by atoms with E-state index in [4.69, 9.17) is 11.6 Å². The minimum absolute atomic E-state index is 0.0966. The first-order valence-electron chi connectivity index (χ1n) is 7.67. The van der Waals surface area contributed by atoms with Crippen LogP contribution in [0.2, 0.25) is 5.02 Å². The van der Waals surface area contributed by atoms with E-state index in [2.05, 4.69) is 41.5 Å². The molecule has 1 aromatic heterocycles. The molecule has 0 aliphatic rings. The van der Waals surface area contributed by atoms with Crippen LogP contribution in [0.15, 0.2) is 53.9 Å². The fourth-order valence-electron chi connectivity index (χ4n) is 2.26. The van der Waals surface area contributed by atoms with Gasteiger partial charge >= 0.3 is 0 Å². The number of nitrogens with one attached hydrogen (secondary N) is 1. The Morgan fingerprint density at radius 3 is 2.54 bits per heavy atom. The van der Waals surface area contributed by atoms with Crippen LogP contribution in [-0.2, 0) is 6.42 Å². The fraction of sp³-hybridized carbons (Fsp3) is 0.158. The lowest BCUT2D eigenvalue weighted by molar-refractivity contribution is 0.0954. The van der Waals surface area contributed by atoms with Gasteiger partial charge in [-0.25, -0.2) is 4.98 Å². The van der Waals surface area contributed by atoms with Crippen molar-refractivity contribution in [3.05, 3.63) is 75.8 Å². The minimum atomic E-state index is -0.0966. The topological polar surface area (TPSA) is 42.0 Å². The predicted octanol–water partition coefficient (Wildman–Crippen LogP) is 4.74. The van der Waals surface area contributed by atoms with Gasteiger partial charge in [-0.3, -0.25) is 4.79 Å². The van der Waals surface area contributed by atoms with Gasteiger partial charge in [0.1, 0.15) is 5.01 Å². The van der Waals surface area contributed by atoms with Crippen LogP contribution < -0.4 is 5.32 Å². The van der Waals surface area contributed by atoms with Gasteiger partial charge in [0.2, 0.25) is 0 Å². The van der Waals surface area contributed by atoms with E-state index in [1.807, 2.05) is 5.38 Å². The highest BCUT2D eigenvalue weighted by atomic mass is 35.5. The zero-order chi connectivity index (χ0) is 16.9. The number of thiazole rings is 1. The van der Waals surface area contributed by atoms with Crippen LogP contribution in [0, 0.1) is 6.92 Å². The standard InChI is InChI=1S/C19H17ClN2OS/c1-13-2-4-15(5-3-13)19-22-17(12-24-19)10-11-21-18(23)14-6-8-16(20)9-7-14/h2-9,12H,10-11H2,1H3,(H,21,23). The van der Waals surface area contributed by atoms with E-state index in [-0.39, 0.29) is 5.91 Å². The van der Waals surface area contributed by atoms with Gasteiger partial charge < -0.3 is 5.32 Å². The normalized spacial score (nSPS) is 10.6. The molecule has 3 nitrogen and oxygen atoms in total. The number of amides is 1. The second-order valence-electron chi connectivity index (χ2n) is 5.52. The molecule has 0 aliphatic heterocycles. The Morgan fingerprint density at radius 1 is 1.12 bits per heavy atom. The monoisotopic (exact) mass is 356 g/mol. The highest BCUT2D eigenvalue weighted by molar-refractivity contribution is 7.13. The molecule has 0 atom stereocenters. The molecular weight excluding hydrogens is 340 g/mol. The number of benzene rings is 2. The minimum Gasteiger partial charge on any atom is -0.352 e. The predicted molar refractivity (Wildman–Crippen MR) is 99.8 cm³/mol. The fourth-order valence-corrected chi connectivity index (χ4v) is 3.24. The summed E-state index contributed by atoms with van der Waals surface area (Å²) in [6.07, 6.45) is 0.710. The van der Waals surface area contributed by atoms with Crippen LogP contribution in [0.25, 0.3) is 10.6 Å². The van der Waals surface area contributed by atoms with E-state index in [0.29, 0.717) is 23.6 Å². The number of rotatable bonds is 5. The molecule has 2 aromatic carbocycles. The first-order chi connectivity index (χ1) is 11.6. The second kappa shape index (κ2) is 7.60. The molecule has 0 aliphatic carbocycles. The maximum atomic E-state index is 12.0. The lowest BCUT2D eigenvalue weighted by atomic mass is 10.2. The largest absolute Gasteiger partial charge is 0.352 e. The highest BCUT2D eigenvalue weighted by Gasteiger charge is 2.07. The average Bonchev–Trinajstić information content (AvgIpc) is 3.05. The summed E-state index contributed by atoms with van der Waals surface area (Å²) >= 11 is 7.45. The van der Waals surface area contributed by atoms with Crippen LogP contribution in [0.1, 0.15) is 21.6 Å². The van der Waals surface area contributed by atoms with Crippen molar-refractivity contribution in [2.75, 3.05) is 6.54 Å². The molecular formula is C19H17ClN2OS. The first-order valence-corrected chi connectivity index (χ1v) is 8.93. The van der Waals surface area contributed by atoms with Gasteiger partial charge in [0.15, 0.2) is 0 Å². The molecule has 0 fully saturated rings. The maximum Gasteiger partial charge on any atom is 0.251 e. The number of aromatic nitrogens is 1. The third kappa shape index (κ3) is 4.22. The van der Waals surface area contributed by atoms with E-state index in [1.165, 1.54) is 5.56 Å². The van der Waals surface area contributed by atoms with Crippen molar-refractivity contribution in [3.63, 3.8) is 0 Å². The Balaban J connectivity index is 1.55. The van der Waals surface area contributed by atoms with Crippen LogP contribution >= 0.6 is 22.9 Å². The zero-order valence-electron chi connectivity index (χ0n) is 13.3. The third-order valence-electron chi connectivity index (χ3n) is 3.62. The number of nitrogens with zero attached hydrogens (tertiary/aromatic N) is 1. The highest BCUT2D eigenvalue weighted by Crippen LogP contribution is 2.24. The SMILES string of the molecule is Cc1ccc(-c2nc(CCNC(=O)c3ccc(Cl)cc3)cs2)cc1. The van der Waals surface area contributed by atoms with Gasteiger partial charge in [-0.1, -0.05) is 41.4 Å². The van der Waals surface area contributed by atoms with Crippen LogP contribution in [0.3, 0.4) is 0 Å². The Morgan fingerprint density at radius 2 is 1.83 bits per heavy atom. The molecule has 0 radical (unpaired) electrons. The summed E-state index contributed by atoms with van der Waals surface area (Å²) in [6, 6.07) is 15.2. The lowest BCUT2D eigenvalue weighted by Gasteiger charge is -2.04. The van der Waals surface area contributed by atoms with Crippen molar-refractivity contribution in [2.24, 2.45) is 0 Å². The van der Waals surface area contributed by atoms with E-state index < -0.39 is 0 Å². The Hall–Kier alpha value is -2.17. The average molecular weight is 357 g/mol. The van der Waals surface area contributed by atoms with Crippen molar-refractivity contribution >= 4 is 28.8 Å². The summed E-state index contributed by atoms with van der Waals surface area (Å²) in [5.74, 6) is -0.0966. The molecule has 0 saturated heterocycles. The molecule has 1 amide bonds. The van der Waals surface area contributed by atoms with Crippen LogP contribution in [0.4, 0.5) is 0 Å². The van der Waals surface area contributed by atoms with Crippen molar-refractivity contribution in [3.8, 4) is 10.6 Å². The van der Waals surface area contributed by atoms with E-state index in [1.54, 1.807) is 35.6 Å². The second-order valence-corrected chi connectivity index (χ2v) is 6.82. The zero-order valence-corrected chi connectivity index (χ0v) is 14.8. The smallest absolute Gasteiger partial charge is 0.251 e. The number of hydrogen-bond donors (Lipinski definition) is 1. The maximum absolute atomic E-state index is 12.0. The summed E-state index contributed by atoms with van der Waals surface area (Å²) in [5.41, 5.74) is 3.97. The molecule has 3 aromatic rings. The molecule has 1 N–H and O–H groups in total. The Kier molecular flexibility index (Phi) is 5.28. The number of aryl methyl sites for hydroxylation is 1. The molecule has 5 heteroatoms. The number of carbonyl (C=O) groups excluding carboxylic acids is 1. The molecule has 1 heterocycles. The number of carbonyl (C=O) groups is 1. The van der Waals surface area contributed by atoms with Crippen LogP contribution in [-0.4, -0.2) is 17.4 Å². The molecule has 0 bridgehead atoms. The quantitative estimate of drug-likeness (QED) is 0.717. The van der Waals surface area contributed by atoms with Gasteiger partial charge in [-0.15, -0.1) is 11.3 Å². The number of hydrogen-bond acceptors (Lipinski definition) is 3. The van der Waals surface area contributed by atoms with Crippen molar-refractivity contribution in [2.45, 2.75) is 13.3 Å². The molecule has 0 unspecified atom stereocenters. The molecule has 0 saturated carbocycles. The van der Waals surface area contributed by atoms with Gasteiger partial charge in [0.05, 0.1) is 5.69 Å². The van der Waals surface area contributed by atoms with Gasteiger partial charge in [-0.05, 0) is 31.2 Å². The van der Waals surface area contributed by atoms with Crippen molar-refractivity contribution in [1.82, 2.24) is 10.3 Å². The Bertz CT molecular complexity index is 825. The summed E-state index contributed by atoms with van der Waals surface area (Å²) in [4.78, 5) is 16.7. The summed E-state index contributed by atoms with van der Waals surface area (Å²) < 4.78 is 0. The van der Waals surface area contributed by atoms with E-state index >= 15 is 0 Å².